The van der Waals surface area contributed by atoms with Gasteiger partial charge in [0.25, 0.3) is 0 Å². The van der Waals surface area contributed by atoms with E-state index in [-0.39, 0.29) is 17.5 Å². The Balaban J connectivity index is 2.33. The zero-order valence-electron chi connectivity index (χ0n) is 14.6. The minimum atomic E-state index is -0.606. The van der Waals surface area contributed by atoms with E-state index in [2.05, 4.69) is 5.32 Å². The summed E-state index contributed by atoms with van der Waals surface area (Å²) in [6.45, 7) is 9.53. The Morgan fingerprint density at radius 1 is 1.29 bits per heavy atom. The molecule has 130 valence electrons. The summed E-state index contributed by atoms with van der Waals surface area (Å²) >= 11 is 5.84. The molecule has 0 aliphatic carbocycles. The highest BCUT2D eigenvalue weighted by Gasteiger charge is 2.52. The lowest BCUT2D eigenvalue weighted by atomic mass is 9.77. The number of carbonyl (C=O) groups excluding carboxylic acids is 1. The van der Waals surface area contributed by atoms with E-state index in [1.165, 1.54) is 19.1 Å². The molecule has 0 unspecified atom stereocenters. The number of benzene rings is 1. The van der Waals surface area contributed by atoms with Crippen LogP contribution in [0.15, 0.2) is 23.7 Å². The monoisotopic (exact) mass is 353 g/mol. The number of amides is 1. The van der Waals surface area contributed by atoms with Crippen molar-refractivity contribution in [1.29, 1.82) is 0 Å². The Hall–Kier alpha value is -1.37. The van der Waals surface area contributed by atoms with E-state index in [1.807, 2.05) is 27.7 Å². The van der Waals surface area contributed by atoms with E-state index in [1.54, 1.807) is 12.1 Å². The first-order valence-electron chi connectivity index (χ1n) is 7.77. The maximum atomic E-state index is 13.3. The van der Waals surface area contributed by atoms with Crippen LogP contribution in [0, 0.1) is 5.82 Å². The van der Waals surface area contributed by atoms with E-state index in [0.717, 1.165) is 5.47 Å². The second kappa shape index (κ2) is 6.86. The van der Waals surface area contributed by atoms with Gasteiger partial charge in [-0.2, -0.15) is 0 Å². The quantitative estimate of drug-likeness (QED) is 0.841. The van der Waals surface area contributed by atoms with Gasteiger partial charge in [0, 0.05) is 13.5 Å². The van der Waals surface area contributed by atoms with Crippen molar-refractivity contribution in [2.24, 2.45) is 0 Å². The van der Waals surface area contributed by atoms with Gasteiger partial charge in [-0.3, -0.25) is 4.79 Å². The highest BCUT2D eigenvalue weighted by molar-refractivity contribution is 6.56. The number of rotatable bonds is 4. The van der Waals surface area contributed by atoms with E-state index >= 15 is 0 Å². The summed E-state index contributed by atoms with van der Waals surface area (Å²) in [4.78, 5) is 11.3. The lowest BCUT2D eigenvalue weighted by Crippen LogP contribution is -2.41. The molecule has 1 heterocycles. The van der Waals surface area contributed by atoms with Crippen LogP contribution in [-0.4, -0.2) is 30.8 Å². The molecule has 0 spiro atoms. The zero-order valence-corrected chi connectivity index (χ0v) is 15.3. The van der Waals surface area contributed by atoms with E-state index in [4.69, 9.17) is 20.9 Å². The molecule has 0 radical (unpaired) electrons. The molecule has 4 nitrogen and oxygen atoms in total. The van der Waals surface area contributed by atoms with E-state index in [0.29, 0.717) is 5.56 Å². The molecule has 1 aliphatic rings. The molecular weight excluding hydrogens is 331 g/mol. The molecule has 2 rings (SSSR count). The number of halogens is 2. The van der Waals surface area contributed by atoms with Crippen LogP contribution in [0.4, 0.5) is 4.39 Å². The van der Waals surface area contributed by atoms with Gasteiger partial charge in [-0.1, -0.05) is 23.7 Å². The lowest BCUT2D eigenvalue weighted by molar-refractivity contribution is -0.118. The first-order valence-corrected chi connectivity index (χ1v) is 8.15. The summed E-state index contributed by atoms with van der Waals surface area (Å²) in [7, 11) is -0.606. The third-order valence-electron chi connectivity index (χ3n) is 4.39. The van der Waals surface area contributed by atoms with Gasteiger partial charge in [-0.05, 0) is 50.9 Å². The van der Waals surface area contributed by atoms with Crippen molar-refractivity contribution in [1.82, 2.24) is 5.32 Å². The highest BCUT2D eigenvalue weighted by atomic mass is 35.5. The second-order valence-corrected chi connectivity index (χ2v) is 7.30. The molecule has 0 bridgehead atoms. The summed E-state index contributed by atoms with van der Waals surface area (Å²) in [5.41, 5.74) is 0.448. The van der Waals surface area contributed by atoms with Gasteiger partial charge in [0.15, 0.2) is 0 Å². The smallest absolute Gasteiger partial charge is 0.400 e. The average molecular weight is 354 g/mol. The minimum absolute atomic E-state index is 0.0385. The van der Waals surface area contributed by atoms with Gasteiger partial charge >= 0.3 is 7.12 Å². The number of hydrogen-bond acceptors (Lipinski definition) is 3. The molecule has 7 heteroatoms. The predicted octanol–water partition coefficient (Wildman–Crippen LogP) is 3.63. The molecule has 0 aromatic heterocycles. The Morgan fingerprint density at radius 2 is 1.88 bits per heavy atom. The molecule has 1 aliphatic heterocycles. The molecule has 1 N–H and O–H groups in total. The third-order valence-corrected chi connectivity index (χ3v) is 4.68. The molecule has 24 heavy (non-hydrogen) atoms. The Bertz CT molecular complexity index is 660. The van der Waals surface area contributed by atoms with Gasteiger partial charge in [0.1, 0.15) is 5.82 Å². The van der Waals surface area contributed by atoms with Crippen molar-refractivity contribution in [3.05, 3.63) is 40.1 Å². The van der Waals surface area contributed by atoms with Crippen molar-refractivity contribution >= 4 is 30.7 Å². The van der Waals surface area contributed by atoms with Crippen molar-refractivity contribution in [3.8, 4) is 0 Å². The average Bonchev–Trinajstić information content (AvgIpc) is 2.67. The first-order chi connectivity index (χ1) is 11.0. The van der Waals surface area contributed by atoms with Gasteiger partial charge < -0.3 is 14.6 Å². The van der Waals surface area contributed by atoms with Crippen LogP contribution >= 0.6 is 11.6 Å². The summed E-state index contributed by atoms with van der Waals surface area (Å²) in [5, 5.41) is 2.79. The van der Waals surface area contributed by atoms with E-state index < -0.39 is 24.1 Å². The Labute approximate surface area is 147 Å². The zero-order chi connectivity index (χ0) is 18.1. The molecule has 1 aromatic carbocycles. The van der Waals surface area contributed by atoms with Crippen LogP contribution in [0.2, 0.25) is 5.02 Å². The van der Waals surface area contributed by atoms with Crippen LogP contribution in [-0.2, 0) is 14.1 Å². The van der Waals surface area contributed by atoms with Crippen molar-refractivity contribution < 1.29 is 18.5 Å². The molecule has 0 saturated carbocycles. The SMILES string of the molecule is CC(=O)NCC(=Cc1ccc(F)c(Cl)c1)B1OC(C)(C)C(C)(C)O1. The fourth-order valence-electron chi connectivity index (χ4n) is 2.24. The normalized spacial score (nSPS) is 19.5. The van der Waals surface area contributed by atoms with Gasteiger partial charge in [0.05, 0.1) is 16.2 Å². The molecule has 1 fully saturated rings. The molecular formula is C17H22BClFNO3. The fraction of sp³-hybridized carbons (Fsp3) is 0.471. The summed E-state index contributed by atoms with van der Waals surface area (Å²) in [6, 6.07) is 4.44. The van der Waals surface area contributed by atoms with Crippen LogP contribution in [0.1, 0.15) is 40.2 Å². The molecule has 1 saturated heterocycles. The summed E-state index contributed by atoms with van der Waals surface area (Å²) < 4.78 is 25.4. The Morgan fingerprint density at radius 3 is 2.38 bits per heavy atom. The molecule has 0 atom stereocenters. The molecule has 1 amide bonds. The standard InChI is InChI=1S/C17H22BClFNO3/c1-11(22)21-10-13(8-12-6-7-15(20)14(19)9-12)18-23-16(2,3)17(4,5)24-18/h6-9H,10H2,1-5H3,(H,21,22). The number of hydrogen-bond donors (Lipinski definition) is 1. The summed E-state index contributed by atoms with van der Waals surface area (Å²) in [6.07, 6.45) is 1.80. The third kappa shape index (κ3) is 4.18. The van der Waals surface area contributed by atoms with Crippen molar-refractivity contribution in [3.63, 3.8) is 0 Å². The lowest BCUT2D eigenvalue weighted by Gasteiger charge is -2.32. The van der Waals surface area contributed by atoms with Gasteiger partial charge in [-0.15, -0.1) is 0 Å². The summed E-state index contributed by atoms with van der Waals surface area (Å²) in [5.74, 6) is -0.637. The van der Waals surface area contributed by atoms with Crippen molar-refractivity contribution in [2.75, 3.05) is 6.54 Å². The minimum Gasteiger partial charge on any atom is -0.400 e. The first kappa shape index (κ1) is 19.0. The van der Waals surface area contributed by atoms with Gasteiger partial charge in [0.2, 0.25) is 5.91 Å². The van der Waals surface area contributed by atoms with Crippen LogP contribution < -0.4 is 5.32 Å². The van der Waals surface area contributed by atoms with Crippen LogP contribution in [0.5, 0.6) is 0 Å². The maximum Gasteiger partial charge on any atom is 0.492 e. The predicted molar refractivity (Wildman–Crippen MR) is 94.2 cm³/mol. The van der Waals surface area contributed by atoms with E-state index in [9.17, 15) is 9.18 Å². The number of nitrogens with one attached hydrogen (secondary N) is 1. The second-order valence-electron chi connectivity index (χ2n) is 6.89. The van der Waals surface area contributed by atoms with Gasteiger partial charge in [-0.25, -0.2) is 4.39 Å². The number of carbonyl (C=O) groups is 1. The maximum absolute atomic E-state index is 13.3. The highest BCUT2D eigenvalue weighted by Crippen LogP contribution is 2.38. The molecule has 1 aromatic rings. The van der Waals surface area contributed by atoms with Crippen LogP contribution in [0.3, 0.4) is 0 Å². The van der Waals surface area contributed by atoms with Crippen molar-refractivity contribution in [2.45, 2.75) is 45.8 Å². The Kier molecular flexibility index (Phi) is 5.42. The topological polar surface area (TPSA) is 47.6 Å². The fourth-order valence-corrected chi connectivity index (χ4v) is 2.43. The van der Waals surface area contributed by atoms with Crippen LogP contribution in [0.25, 0.3) is 6.08 Å². The largest absolute Gasteiger partial charge is 0.492 e.